The molecular formula is C11H11NOS. The summed E-state index contributed by atoms with van der Waals surface area (Å²) in [5, 5.41) is 2.70. The average molecular weight is 205 g/mol. The molecule has 0 radical (unpaired) electrons. The van der Waals surface area contributed by atoms with Crippen molar-refractivity contribution in [2.24, 2.45) is 0 Å². The number of pyridine rings is 1. The number of fused-ring (bicyclic) bond motifs is 1. The molecule has 1 N–H and O–H groups in total. The predicted molar refractivity (Wildman–Crippen MR) is 61.0 cm³/mol. The largest absolute Gasteiger partial charge is 0.317 e. The van der Waals surface area contributed by atoms with Crippen LogP contribution in [0.25, 0.3) is 10.8 Å². The molecule has 0 saturated heterocycles. The Kier molecular flexibility index (Phi) is 2.59. The van der Waals surface area contributed by atoms with Crippen molar-refractivity contribution in [2.45, 2.75) is 11.9 Å². The third-order valence-electron chi connectivity index (χ3n) is 2.03. The van der Waals surface area contributed by atoms with E-state index in [0.717, 1.165) is 21.6 Å². The lowest BCUT2D eigenvalue weighted by Gasteiger charge is -2.00. The van der Waals surface area contributed by atoms with E-state index in [9.17, 15) is 4.79 Å². The molecule has 0 atom stereocenters. The first-order valence-electron chi connectivity index (χ1n) is 4.56. The molecule has 0 aliphatic carbocycles. The lowest BCUT2D eigenvalue weighted by molar-refractivity contribution is 1.11. The van der Waals surface area contributed by atoms with Gasteiger partial charge in [0.1, 0.15) is 0 Å². The summed E-state index contributed by atoms with van der Waals surface area (Å²) in [5.41, 5.74) is -0.000880. The molecule has 0 aliphatic heterocycles. The number of aromatic amines is 1. The highest BCUT2D eigenvalue weighted by molar-refractivity contribution is 7.99. The van der Waals surface area contributed by atoms with Crippen LogP contribution in [-0.2, 0) is 0 Å². The second-order valence-electron chi connectivity index (χ2n) is 2.98. The molecule has 1 aromatic heterocycles. The summed E-state index contributed by atoms with van der Waals surface area (Å²) in [6.07, 6.45) is 0. The van der Waals surface area contributed by atoms with Gasteiger partial charge in [0, 0.05) is 5.39 Å². The minimum absolute atomic E-state index is 0.000880. The number of thioether (sulfide) groups is 1. The summed E-state index contributed by atoms with van der Waals surface area (Å²) in [4.78, 5) is 14.5. The van der Waals surface area contributed by atoms with E-state index < -0.39 is 0 Å². The standard InChI is InChI=1S/C11H11NOS/c1-2-14-10-7-8-5-3-4-6-9(8)11(13)12-10/h3-7H,2H2,1H3,(H,12,13). The summed E-state index contributed by atoms with van der Waals surface area (Å²) in [6, 6.07) is 9.65. The van der Waals surface area contributed by atoms with E-state index in [1.807, 2.05) is 30.3 Å². The maximum atomic E-state index is 11.6. The van der Waals surface area contributed by atoms with Crippen molar-refractivity contribution in [3.63, 3.8) is 0 Å². The molecule has 0 spiro atoms. The molecule has 1 aromatic carbocycles. The molecule has 3 heteroatoms. The van der Waals surface area contributed by atoms with E-state index in [-0.39, 0.29) is 5.56 Å². The normalized spacial score (nSPS) is 10.6. The molecule has 2 rings (SSSR count). The van der Waals surface area contributed by atoms with Crippen LogP contribution in [0.15, 0.2) is 40.2 Å². The van der Waals surface area contributed by atoms with Crippen LogP contribution in [0.4, 0.5) is 0 Å². The summed E-state index contributed by atoms with van der Waals surface area (Å²) < 4.78 is 0. The lowest BCUT2D eigenvalue weighted by atomic mass is 10.2. The fourth-order valence-electron chi connectivity index (χ4n) is 1.42. The van der Waals surface area contributed by atoms with E-state index in [1.54, 1.807) is 11.8 Å². The van der Waals surface area contributed by atoms with Crippen molar-refractivity contribution in [3.05, 3.63) is 40.7 Å². The summed E-state index contributed by atoms with van der Waals surface area (Å²) in [5.74, 6) is 0.967. The highest BCUT2D eigenvalue weighted by Crippen LogP contribution is 2.17. The molecular weight excluding hydrogens is 194 g/mol. The number of hydrogen-bond donors (Lipinski definition) is 1. The summed E-state index contributed by atoms with van der Waals surface area (Å²) in [6.45, 7) is 2.07. The summed E-state index contributed by atoms with van der Waals surface area (Å²) >= 11 is 1.65. The zero-order valence-electron chi connectivity index (χ0n) is 7.91. The molecule has 0 bridgehead atoms. The number of aromatic nitrogens is 1. The topological polar surface area (TPSA) is 32.9 Å². The van der Waals surface area contributed by atoms with E-state index in [2.05, 4.69) is 11.9 Å². The molecule has 0 unspecified atom stereocenters. The van der Waals surface area contributed by atoms with Gasteiger partial charge < -0.3 is 4.98 Å². The van der Waals surface area contributed by atoms with Crippen molar-refractivity contribution in [3.8, 4) is 0 Å². The maximum Gasteiger partial charge on any atom is 0.256 e. The van der Waals surface area contributed by atoms with E-state index in [0.29, 0.717) is 0 Å². The molecule has 0 fully saturated rings. The van der Waals surface area contributed by atoms with Crippen molar-refractivity contribution in [1.29, 1.82) is 0 Å². The molecule has 0 saturated carbocycles. The van der Waals surface area contributed by atoms with Crippen LogP contribution in [0, 0.1) is 0 Å². The van der Waals surface area contributed by atoms with E-state index >= 15 is 0 Å². The second-order valence-corrected chi connectivity index (χ2v) is 4.29. The van der Waals surface area contributed by atoms with Crippen molar-refractivity contribution in [1.82, 2.24) is 4.98 Å². The third kappa shape index (κ3) is 1.68. The first kappa shape index (κ1) is 9.34. The monoisotopic (exact) mass is 205 g/mol. The van der Waals surface area contributed by atoms with Crippen LogP contribution < -0.4 is 5.56 Å². The summed E-state index contributed by atoms with van der Waals surface area (Å²) in [7, 11) is 0. The second kappa shape index (κ2) is 3.88. The number of rotatable bonds is 2. The van der Waals surface area contributed by atoms with Crippen LogP contribution in [0.1, 0.15) is 6.92 Å². The molecule has 0 amide bonds. The van der Waals surface area contributed by atoms with Crippen LogP contribution >= 0.6 is 11.8 Å². The third-order valence-corrected chi connectivity index (χ3v) is 2.85. The van der Waals surface area contributed by atoms with Gasteiger partial charge in [0.05, 0.1) is 5.03 Å². The first-order chi connectivity index (χ1) is 6.81. The van der Waals surface area contributed by atoms with Crippen LogP contribution in [-0.4, -0.2) is 10.7 Å². The average Bonchev–Trinajstić information content (AvgIpc) is 2.18. The Labute approximate surface area is 86.3 Å². The van der Waals surface area contributed by atoms with Gasteiger partial charge in [-0.1, -0.05) is 25.1 Å². The van der Waals surface area contributed by atoms with Crippen LogP contribution in [0.2, 0.25) is 0 Å². The van der Waals surface area contributed by atoms with Gasteiger partial charge in [0.2, 0.25) is 0 Å². The molecule has 14 heavy (non-hydrogen) atoms. The Hall–Kier alpha value is -1.22. The van der Waals surface area contributed by atoms with Crippen molar-refractivity contribution >= 4 is 22.5 Å². The zero-order valence-corrected chi connectivity index (χ0v) is 8.73. The van der Waals surface area contributed by atoms with Gasteiger partial charge in [0.25, 0.3) is 5.56 Å². The SMILES string of the molecule is CCSc1cc2ccccc2c(=O)[nH]1. The van der Waals surface area contributed by atoms with E-state index in [4.69, 9.17) is 0 Å². The number of benzene rings is 1. The fourth-order valence-corrected chi connectivity index (χ4v) is 2.11. The van der Waals surface area contributed by atoms with Crippen LogP contribution in [0.5, 0.6) is 0 Å². The smallest absolute Gasteiger partial charge is 0.256 e. The number of nitrogens with one attached hydrogen (secondary N) is 1. The van der Waals surface area contributed by atoms with Crippen molar-refractivity contribution in [2.75, 3.05) is 5.75 Å². The van der Waals surface area contributed by atoms with E-state index in [1.165, 1.54) is 0 Å². The maximum absolute atomic E-state index is 11.6. The molecule has 72 valence electrons. The molecule has 2 nitrogen and oxygen atoms in total. The number of H-pyrrole nitrogens is 1. The Bertz CT molecular complexity index is 504. The highest BCUT2D eigenvalue weighted by Gasteiger charge is 2.00. The zero-order chi connectivity index (χ0) is 9.97. The Morgan fingerprint density at radius 1 is 1.36 bits per heavy atom. The Morgan fingerprint density at radius 3 is 2.93 bits per heavy atom. The quantitative estimate of drug-likeness (QED) is 0.764. The predicted octanol–water partition coefficient (Wildman–Crippen LogP) is 2.64. The van der Waals surface area contributed by atoms with Gasteiger partial charge in [0.15, 0.2) is 0 Å². The highest BCUT2D eigenvalue weighted by atomic mass is 32.2. The van der Waals surface area contributed by atoms with Crippen LogP contribution in [0.3, 0.4) is 0 Å². The minimum Gasteiger partial charge on any atom is -0.317 e. The van der Waals surface area contributed by atoms with Gasteiger partial charge >= 0.3 is 0 Å². The fraction of sp³-hybridized carbons (Fsp3) is 0.182. The Morgan fingerprint density at radius 2 is 2.14 bits per heavy atom. The minimum atomic E-state index is -0.000880. The van der Waals surface area contributed by atoms with Gasteiger partial charge in [-0.15, -0.1) is 11.8 Å². The first-order valence-corrected chi connectivity index (χ1v) is 5.54. The van der Waals surface area contributed by atoms with Gasteiger partial charge in [-0.3, -0.25) is 4.79 Å². The molecule has 1 heterocycles. The Balaban J connectivity index is 2.66. The number of hydrogen-bond acceptors (Lipinski definition) is 2. The van der Waals surface area contributed by atoms with Gasteiger partial charge in [-0.2, -0.15) is 0 Å². The van der Waals surface area contributed by atoms with Crippen molar-refractivity contribution < 1.29 is 0 Å². The molecule has 0 aliphatic rings. The molecule has 2 aromatic rings. The van der Waals surface area contributed by atoms with Gasteiger partial charge in [-0.25, -0.2) is 0 Å². The van der Waals surface area contributed by atoms with Gasteiger partial charge in [-0.05, 0) is 23.3 Å². The lowest BCUT2D eigenvalue weighted by Crippen LogP contribution is -2.06.